The summed E-state index contributed by atoms with van der Waals surface area (Å²) in [6, 6.07) is 8.67. The second kappa shape index (κ2) is 11.2. The van der Waals surface area contributed by atoms with Gasteiger partial charge in [0.1, 0.15) is 0 Å². The Kier molecular flexibility index (Phi) is 9.70. The molecule has 1 N–H and O–H groups in total. The minimum Gasteiger partial charge on any atom is -0.385 e. The highest BCUT2D eigenvalue weighted by atomic mass is 32.2. The molecular weight excluding hydrogens is 250 g/mol. The van der Waals surface area contributed by atoms with E-state index in [-0.39, 0.29) is 0 Å². The summed E-state index contributed by atoms with van der Waals surface area (Å²) in [5.41, 5.74) is 1.26. The number of rotatable bonds is 11. The monoisotopic (exact) mass is 279 g/mol. The van der Waals surface area contributed by atoms with Crippen molar-refractivity contribution < 1.29 is 0 Å². The Morgan fingerprint density at radius 2 is 1.63 bits per heavy atom. The largest absolute Gasteiger partial charge is 0.385 e. The summed E-state index contributed by atoms with van der Waals surface area (Å²) in [5.74, 6) is 0. The quantitative estimate of drug-likeness (QED) is 0.396. The van der Waals surface area contributed by atoms with Crippen LogP contribution in [0, 0.1) is 0 Å². The van der Waals surface area contributed by atoms with Crippen LogP contribution in [-0.2, 0) is 0 Å². The topological polar surface area (TPSA) is 12.0 Å². The second-order valence-electron chi connectivity index (χ2n) is 5.13. The number of unbranched alkanes of at least 4 members (excludes halogenated alkanes) is 7. The van der Waals surface area contributed by atoms with Gasteiger partial charge in [-0.15, -0.1) is 11.8 Å². The average molecular weight is 279 g/mol. The molecule has 108 valence electrons. The highest BCUT2D eigenvalue weighted by Gasteiger charge is 1.95. The van der Waals surface area contributed by atoms with E-state index in [9.17, 15) is 0 Å². The van der Waals surface area contributed by atoms with Gasteiger partial charge < -0.3 is 5.32 Å². The molecule has 1 rings (SSSR count). The van der Waals surface area contributed by atoms with Crippen LogP contribution in [0.4, 0.5) is 5.69 Å². The van der Waals surface area contributed by atoms with Gasteiger partial charge >= 0.3 is 0 Å². The zero-order valence-corrected chi connectivity index (χ0v) is 13.4. The molecule has 0 saturated carbocycles. The zero-order valence-electron chi connectivity index (χ0n) is 12.6. The van der Waals surface area contributed by atoms with Crippen LogP contribution in [0.1, 0.15) is 58.3 Å². The van der Waals surface area contributed by atoms with Crippen LogP contribution < -0.4 is 5.32 Å². The number of hydrogen-bond acceptors (Lipinski definition) is 2. The van der Waals surface area contributed by atoms with Gasteiger partial charge in [0.05, 0.1) is 0 Å². The maximum atomic E-state index is 3.52. The molecule has 0 atom stereocenters. The van der Waals surface area contributed by atoms with E-state index in [2.05, 4.69) is 42.8 Å². The van der Waals surface area contributed by atoms with Crippen LogP contribution in [0.25, 0.3) is 0 Å². The lowest BCUT2D eigenvalue weighted by atomic mass is 10.1. The van der Waals surface area contributed by atoms with Gasteiger partial charge in [0.15, 0.2) is 0 Å². The number of anilines is 1. The molecular formula is C17H29NS. The maximum Gasteiger partial charge on any atom is 0.0351 e. The summed E-state index contributed by atoms with van der Waals surface area (Å²) < 4.78 is 0. The maximum absolute atomic E-state index is 3.52. The van der Waals surface area contributed by atoms with Gasteiger partial charge in [-0.2, -0.15) is 0 Å². The molecule has 0 amide bonds. The van der Waals surface area contributed by atoms with Crippen LogP contribution in [0.15, 0.2) is 29.2 Å². The van der Waals surface area contributed by atoms with E-state index in [1.807, 2.05) is 0 Å². The van der Waals surface area contributed by atoms with Crippen molar-refractivity contribution in [2.75, 3.05) is 18.1 Å². The first-order valence-corrected chi connectivity index (χ1v) is 8.97. The van der Waals surface area contributed by atoms with Crippen LogP contribution in [-0.4, -0.2) is 12.8 Å². The van der Waals surface area contributed by atoms with Crippen LogP contribution in [0.3, 0.4) is 0 Å². The summed E-state index contributed by atoms with van der Waals surface area (Å²) >= 11 is 1.80. The molecule has 0 spiro atoms. The Morgan fingerprint density at radius 3 is 2.32 bits per heavy atom. The average Bonchev–Trinajstić information content (AvgIpc) is 2.46. The van der Waals surface area contributed by atoms with Crippen LogP contribution in [0.2, 0.25) is 0 Å². The SMILES string of the molecule is CCCCCCCCCCNc1cccc(SC)c1. The first-order valence-electron chi connectivity index (χ1n) is 7.74. The predicted molar refractivity (Wildman–Crippen MR) is 89.3 cm³/mol. The Bertz CT molecular complexity index is 325. The van der Waals surface area contributed by atoms with Crippen molar-refractivity contribution in [1.29, 1.82) is 0 Å². The molecule has 0 aliphatic rings. The van der Waals surface area contributed by atoms with E-state index in [1.165, 1.54) is 61.9 Å². The lowest BCUT2D eigenvalue weighted by Gasteiger charge is -2.07. The predicted octanol–water partition coefficient (Wildman–Crippen LogP) is 5.96. The fourth-order valence-electron chi connectivity index (χ4n) is 2.22. The van der Waals surface area contributed by atoms with Gasteiger partial charge in [-0.05, 0) is 30.9 Å². The van der Waals surface area contributed by atoms with Crippen molar-refractivity contribution >= 4 is 17.4 Å². The highest BCUT2D eigenvalue weighted by Crippen LogP contribution is 2.19. The van der Waals surface area contributed by atoms with Crippen molar-refractivity contribution in [2.24, 2.45) is 0 Å². The molecule has 0 aliphatic carbocycles. The summed E-state index contributed by atoms with van der Waals surface area (Å²) in [7, 11) is 0. The molecule has 0 saturated heterocycles. The first-order chi connectivity index (χ1) is 9.36. The molecule has 0 aromatic heterocycles. The molecule has 0 heterocycles. The Labute approximate surface area is 123 Å². The third kappa shape index (κ3) is 8.20. The van der Waals surface area contributed by atoms with E-state index >= 15 is 0 Å². The molecule has 0 bridgehead atoms. The van der Waals surface area contributed by atoms with Crippen molar-refractivity contribution in [1.82, 2.24) is 0 Å². The lowest BCUT2D eigenvalue weighted by Crippen LogP contribution is -2.01. The second-order valence-corrected chi connectivity index (χ2v) is 6.01. The van der Waals surface area contributed by atoms with Gasteiger partial charge in [0.25, 0.3) is 0 Å². The standard InChI is InChI=1S/C17H29NS/c1-3-4-5-6-7-8-9-10-14-18-16-12-11-13-17(15-16)19-2/h11-13,15,18H,3-10,14H2,1-2H3. The summed E-state index contributed by atoms with van der Waals surface area (Å²) in [6.07, 6.45) is 13.2. The first kappa shape index (κ1) is 16.4. The molecule has 1 nitrogen and oxygen atoms in total. The van der Waals surface area contributed by atoms with Crippen molar-refractivity contribution in [3.05, 3.63) is 24.3 Å². The van der Waals surface area contributed by atoms with Gasteiger partial charge in [-0.1, -0.05) is 57.9 Å². The molecule has 19 heavy (non-hydrogen) atoms. The van der Waals surface area contributed by atoms with E-state index in [0.29, 0.717) is 0 Å². The Hall–Kier alpha value is -0.630. The minimum absolute atomic E-state index is 1.10. The van der Waals surface area contributed by atoms with E-state index in [1.54, 1.807) is 11.8 Å². The summed E-state index contributed by atoms with van der Waals surface area (Å²) in [4.78, 5) is 1.33. The lowest BCUT2D eigenvalue weighted by molar-refractivity contribution is 0.581. The number of benzene rings is 1. The zero-order chi connectivity index (χ0) is 13.8. The third-order valence-corrected chi connectivity index (χ3v) is 4.15. The number of hydrogen-bond donors (Lipinski definition) is 1. The normalized spacial score (nSPS) is 10.6. The van der Waals surface area contributed by atoms with Gasteiger partial charge in [-0.25, -0.2) is 0 Å². The summed E-state index contributed by atoms with van der Waals surface area (Å²) in [6.45, 7) is 3.38. The Balaban J connectivity index is 1.98. The van der Waals surface area contributed by atoms with E-state index in [4.69, 9.17) is 0 Å². The third-order valence-electron chi connectivity index (χ3n) is 3.43. The number of nitrogens with one attached hydrogen (secondary N) is 1. The number of thioether (sulfide) groups is 1. The van der Waals surface area contributed by atoms with Crippen molar-refractivity contribution in [3.8, 4) is 0 Å². The Morgan fingerprint density at radius 1 is 0.947 bits per heavy atom. The van der Waals surface area contributed by atoms with Crippen molar-refractivity contribution in [3.63, 3.8) is 0 Å². The highest BCUT2D eigenvalue weighted by molar-refractivity contribution is 7.98. The molecule has 0 aliphatic heterocycles. The fourth-order valence-corrected chi connectivity index (χ4v) is 2.68. The van der Waals surface area contributed by atoms with Crippen molar-refractivity contribution in [2.45, 2.75) is 63.2 Å². The van der Waals surface area contributed by atoms with Crippen LogP contribution in [0.5, 0.6) is 0 Å². The molecule has 1 aromatic rings. The van der Waals surface area contributed by atoms with E-state index in [0.717, 1.165) is 6.54 Å². The summed E-state index contributed by atoms with van der Waals surface area (Å²) in [5, 5.41) is 3.52. The van der Waals surface area contributed by atoms with Crippen LogP contribution >= 0.6 is 11.8 Å². The molecule has 2 heteroatoms. The van der Waals surface area contributed by atoms with Gasteiger partial charge in [0.2, 0.25) is 0 Å². The molecule has 0 fully saturated rings. The smallest absolute Gasteiger partial charge is 0.0351 e. The molecule has 0 radical (unpaired) electrons. The van der Waals surface area contributed by atoms with Gasteiger partial charge in [0, 0.05) is 17.1 Å². The molecule has 0 unspecified atom stereocenters. The van der Waals surface area contributed by atoms with Gasteiger partial charge in [-0.3, -0.25) is 0 Å². The van der Waals surface area contributed by atoms with E-state index < -0.39 is 0 Å². The minimum atomic E-state index is 1.10. The molecule has 1 aromatic carbocycles. The fraction of sp³-hybridized carbons (Fsp3) is 0.647.